The van der Waals surface area contributed by atoms with Crippen LogP contribution >= 0.6 is 0 Å². The monoisotopic (exact) mass is 226 g/mol. The van der Waals surface area contributed by atoms with Crippen molar-refractivity contribution in [3.63, 3.8) is 0 Å². The van der Waals surface area contributed by atoms with Crippen LogP contribution in [-0.2, 0) is 4.79 Å². The highest BCUT2D eigenvalue weighted by Gasteiger charge is 2.42. The first-order chi connectivity index (χ1) is 7.04. The molecule has 0 aliphatic rings. The average molecular weight is 226 g/mol. The van der Waals surface area contributed by atoms with Crippen LogP contribution in [0.3, 0.4) is 0 Å². The molecule has 0 fully saturated rings. The summed E-state index contributed by atoms with van der Waals surface area (Å²) >= 11 is 0. The Morgan fingerprint density at radius 1 is 1.31 bits per heavy atom. The fraction of sp³-hybridized carbons (Fsp3) is 0.769. The molecule has 1 amide bonds. The highest BCUT2D eigenvalue weighted by molar-refractivity contribution is 5.83. The zero-order valence-electron chi connectivity index (χ0n) is 11.6. The van der Waals surface area contributed by atoms with Gasteiger partial charge in [0, 0.05) is 18.6 Å². The van der Waals surface area contributed by atoms with Crippen molar-refractivity contribution >= 4 is 5.91 Å². The molecule has 0 aliphatic carbocycles. The molecule has 3 nitrogen and oxygen atoms in total. The van der Waals surface area contributed by atoms with E-state index in [0.29, 0.717) is 13.1 Å². The van der Waals surface area contributed by atoms with E-state index < -0.39 is 11.0 Å². The van der Waals surface area contributed by atoms with Crippen LogP contribution in [0.15, 0.2) is 12.2 Å². The Hall–Kier alpha value is -0.830. The number of nitrogens with two attached hydrogens (primary N) is 1. The quantitative estimate of drug-likeness (QED) is 0.730. The number of nitrogens with zero attached hydrogens (tertiary/aromatic N) is 1. The zero-order chi connectivity index (χ0) is 13.1. The van der Waals surface area contributed by atoms with Crippen molar-refractivity contribution in [2.45, 2.75) is 47.1 Å². The van der Waals surface area contributed by atoms with E-state index >= 15 is 0 Å². The number of hydrogen-bond acceptors (Lipinski definition) is 2. The smallest absolute Gasteiger partial charge is 0.230 e. The largest absolute Gasteiger partial charge is 0.338 e. The summed E-state index contributed by atoms with van der Waals surface area (Å²) in [5.74, 6) is 0.0884. The van der Waals surface area contributed by atoms with E-state index in [-0.39, 0.29) is 5.91 Å². The second-order valence-corrected chi connectivity index (χ2v) is 5.62. The fourth-order valence-corrected chi connectivity index (χ4v) is 1.32. The van der Waals surface area contributed by atoms with Gasteiger partial charge in [-0.15, -0.1) is 0 Å². The van der Waals surface area contributed by atoms with Crippen LogP contribution in [0.25, 0.3) is 0 Å². The standard InChI is InChI=1S/C13H26N2O/c1-8-15(9-10(2)3)11(16)12(4,5)13(6,7)14/h2,8-9,14H2,1,3-7H3. The summed E-state index contributed by atoms with van der Waals surface area (Å²) in [7, 11) is 0. The van der Waals surface area contributed by atoms with E-state index in [0.717, 1.165) is 5.57 Å². The summed E-state index contributed by atoms with van der Waals surface area (Å²) in [5, 5.41) is 0. The molecule has 94 valence electrons. The Labute approximate surface area is 99.7 Å². The van der Waals surface area contributed by atoms with E-state index in [9.17, 15) is 4.79 Å². The van der Waals surface area contributed by atoms with Gasteiger partial charge in [0.05, 0.1) is 5.41 Å². The third-order valence-electron chi connectivity index (χ3n) is 3.28. The third kappa shape index (κ3) is 3.34. The Bertz CT molecular complexity index is 274. The summed E-state index contributed by atoms with van der Waals surface area (Å²) in [5.41, 5.74) is 5.95. The Morgan fingerprint density at radius 2 is 1.75 bits per heavy atom. The zero-order valence-corrected chi connectivity index (χ0v) is 11.6. The molecule has 0 atom stereocenters. The van der Waals surface area contributed by atoms with Gasteiger partial charge in [-0.25, -0.2) is 0 Å². The van der Waals surface area contributed by atoms with Gasteiger partial charge in [-0.05, 0) is 41.5 Å². The molecule has 16 heavy (non-hydrogen) atoms. The maximum atomic E-state index is 12.4. The van der Waals surface area contributed by atoms with Gasteiger partial charge in [0.2, 0.25) is 5.91 Å². The van der Waals surface area contributed by atoms with Crippen LogP contribution in [-0.4, -0.2) is 29.4 Å². The average Bonchev–Trinajstić information content (AvgIpc) is 2.10. The van der Waals surface area contributed by atoms with E-state index in [1.165, 1.54) is 0 Å². The number of rotatable bonds is 5. The Morgan fingerprint density at radius 3 is 2.00 bits per heavy atom. The molecule has 3 heteroatoms. The first-order valence-corrected chi connectivity index (χ1v) is 5.76. The van der Waals surface area contributed by atoms with E-state index in [1.807, 2.05) is 41.5 Å². The summed E-state index contributed by atoms with van der Waals surface area (Å²) < 4.78 is 0. The molecule has 2 N–H and O–H groups in total. The highest BCUT2D eigenvalue weighted by atomic mass is 16.2. The molecule has 0 radical (unpaired) electrons. The normalized spacial score (nSPS) is 12.4. The molecule has 0 aromatic rings. The lowest BCUT2D eigenvalue weighted by atomic mass is 9.74. The lowest BCUT2D eigenvalue weighted by Gasteiger charge is -2.40. The van der Waals surface area contributed by atoms with Crippen LogP contribution in [0.2, 0.25) is 0 Å². The summed E-state index contributed by atoms with van der Waals surface area (Å²) in [6, 6.07) is 0. The molecule has 0 rings (SSSR count). The van der Waals surface area contributed by atoms with Crippen LogP contribution in [0, 0.1) is 5.41 Å². The van der Waals surface area contributed by atoms with E-state index in [1.54, 1.807) is 4.90 Å². The van der Waals surface area contributed by atoms with Gasteiger partial charge in [-0.1, -0.05) is 12.2 Å². The molecule has 0 aromatic carbocycles. The summed E-state index contributed by atoms with van der Waals surface area (Å²) in [6.07, 6.45) is 0. The molecule has 0 saturated heterocycles. The van der Waals surface area contributed by atoms with Gasteiger partial charge in [-0.3, -0.25) is 4.79 Å². The molecule has 0 saturated carbocycles. The van der Waals surface area contributed by atoms with Crippen LogP contribution < -0.4 is 5.73 Å². The van der Waals surface area contributed by atoms with Crippen molar-refractivity contribution < 1.29 is 4.79 Å². The second-order valence-electron chi connectivity index (χ2n) is 5.62. The molecule has 0 spiro atoms. The maximum absolute atomic E-state index is 12.4. The van der Waals surface area contributed by atoms with Crippen LogP contribution in [0.5, 0.6) is 0 Å². The van der Waals surface area contributed by atoms with Crippen molar-refractivity contribution in [1.29, 1.82) is 0 Å². The molecular formula is C13H26N2O. The fourth-order valence-electron chi connectivity index (χ4n) is 1.32. The molecular weight excluding hydrogens is 200 g/mol. The predicted octanol–water partition coefficient (Wildman–Crippen LogP) is 2.17. The van der Waals surface area contributed by atoms with E-state index in [2.05, 4.69) is 6.58 Å². The van der Waals surface area contributed by atoms with Crippen molar-refractivity contribution in [1.82, 2.24) is 4.90 Å². The molecule has 0 bridgehead atoms. The minimum Gasteiger partial charge on any atom is -0.338 e. The molecule has 0 heterocycles. The van der Waals surface area contributed by atoms with Crippen molar-refractivity contribution in [3.05, 3.63) is 12.2 Å². The van der Waals surface area contributed by atoms with E-state index in [4.69, 9.17) is 5.73 Å². The van der Waals surface area contributed by atoms with Gasteiger partial charge < -0.3 is 10.6 Å². The SMILES string of the molecule is C=C(C)CN(CC)C(=O)C(C)(C)C(C)(C)N. The number of carbonyl (C=O) groups is 1. The van der Waals surface area contributed by atoms with Gasteiger partial charge in [-0.2, -0.15) is 0 Å². The minimum absolute atomic E-state index is 0.0884. The van der Waals surface area contributed by atoms with Gasteiger partial charge in [0.1, 0.15) is 0 Å². The molecule has 0 aliphatic heterocycles. The minimum atomic E-state index is -0.571. The van der Waals surface area contributed by atoms with Gasteiger partial charge in [0.25, 0.3) is 0 Å². The first-order valence-electron chi connectivity index (χ1n) is 5.76. The molecule has 0 unspecified atom stereocenters. The third-order valence-corrected chi connectivity index (χ3v) is 3.28. The van der Waals surface area contributed by atoms with Crippen molar-refractivity contribution in [3.8, 4) is 0 Å². The Kier molecular flexibility index (Phi) is 4.74. The topological polar surface area (TPSA) is 46.3 Å². The van der Waals surface area contributed by atoms with Crippen molar-refractivity contribution in [2.24, 2.45) is 11.1 Å². The Balaban J connectivity index is 4.95. The number of hydrogen-bond donors (Lipinski definition) is 1. The van der Waals surface area contributed by atoms with Crippen molar-refractivity contribution in [2.75, 3.05) is 13.1 Å². The maximum Gasteiger partial charge on any atom is 0.230 e. The highest BCUT2D eigenvalue weighted by Crippen LogP contribution is 2.30. The predicted molar refractivity (Wildman–Crippen MR) is 69.1 cm³/mol. The summed E-state index contributed by atoms with van der Waals surface area (Å²) in [6.45, 7) is 16.6. The van der Waals surface area contributed by atoms with Gasteiger partial charge >= 0.3 is 0 Å². The lowest BCUT2D eigenvalue weighted by molar-refractivity contribution is -0.142. The second kappa shape index (κ2) is 5.00. The summed E-state index contributed by atoms with van der Waals surface area (Å²) in [4.78, 5) is 14.2. The number of amides is 1. The molecule has 0 aromatic heterocycles. The number of carbonyl (C=O) groups excluding carboxylic acids is 1. The number of likely N-dealkylation sites (N-methyl/N-ethyl adjacent to an activating group) is 1. The lowest BCUT2D eigenvalue weighted by Crippen LogP contribution is -2.56. The van der Waals surface area contributed by atoms with Crippen LogP contribution in [0.1, 0.15) is 41.5 Å². The van der Waals surface area contributed by atoms with Crippen LogP contribution in [0.4, 0.5) is 0 Å². The van der Waals surface area contributed by atoms with Gasteiger partial charge in [0.15, 0.2) is 0 Å². The first kappa shape index (κ1) is 15.2.